The van der Waals surface area contributed by atoms with Crippen LogP contribution in [0.3, 0.4) is 0 Å². The summed E-state index contributed by atoms with van der Waals surface area (Å²) in [4.78, 5) is 2.34. The van der Waals surface area contributed by atoms with Gasteiger partial charge in [-0.3, -0.25) is 4.90 Å². The molecule has 0 aromatic heterocycles. The maximum absolute atomic E-state index is 8.80. The number of hydrogen-bond acceptors (Lipinski definition) is 4. The Kier molecular flexibility index (Phi) is 5.71. The topological polar surface area (TPSA) is 45.5 Å². The third-order valence-electron chi connectivity index (χ3n) is 2.72. The van der Waals surface area contributed by atoms with Gasteiger partial charge in [0.25, 0.3) is 0 Å². The van der Waals surface area contributed by atoms with Crippen molar-refractivity contribution >= 4 is 0 Å². The molecule has 0 N–H and O–H groups in total. The number of likely N-dealkylation sites (N-methyl/N-ethyl adjacent to an activating group) is 1. The zero-order valence-electron chi connectivity index (χ0n) is 10.3. The summed E-state index contributed by atoms with van der Waals surface area (Å²) >= 11 is 0. The number of nitriles is 1. The van der Waals surface area contributed by atoms with Gasteiger partial charge in [0.2, 0.25) is 0 Å². The molecule has 1 rings (SSSR count). The highest BCUT2D eigenvalue weighted by Gasteiger charge is 2.14. The summed E-state index contributed by atoms with van der Waals surface area (Å²) in [5.41, 5.74) is 0. The second-order valence-corrected chi connectivity index (χ2v) is 4.57. The molecule has 1 heterocycles. The molecular weight excluding hydrogens is 206 g/mol. The van der Waals surface area contributed by atoms with Crippen molar-refractivity contribution in [3.8, 4) is 6.19 Å². The summed E-state index contributed by atoms with van der Waals surface area (Å²) in [6.45, 7) is 6.75. The van der Waals surface area contributed by atoms with Gasteiger partial charge in [-0.05, 0) is 0 Å². The first kappa shape index (κ1) is 13.4. The molecule has 16 heavy (non-hydrogen) atoms. The molecule has 1 aliphatic rings. The van der Waals surface area contributed by atoms with Crippen LogP contribution in [-0.4, -0.2) is 76.1 Å². The average molecular weight is 228 g/mol. The maximum Gasteiger partial charge on any atom is 0.308 e. The van der Waals surface area contributed by atoms with Crippen molar-refractivity contribution in [1.82, 2.24) is 4.90 Å². The summed E-state index contributed by atoms with van der Waals surface area (Å²) < 4.78 is 11.1. The lowest BCUT2D eigenvalue weighted by molar-refractivity contribution is -0.825. The van der Waals surface area contributed by atoms with Crippen LogP contribution in [0.5, 0.6) is 0 Å². The van der Waals surface area contributed by atoms with Gasteiger partial charge in [-0.15, -0.1) is 5.26 Å². The average Bonchev–Trinajstić information content (AvgIpc) is 2.30. The van der Waals surface area contributed by atoms with E-state index < -0.39 is 0 Å². The summed E-state index contributed by atoms with van der Waals surface area (Å²) in [6, 6.07) is 0. The molecule has 1 fully saturated rings. The van der Waals surface area contributed by atoms with Gasteiger partial charge in [0.05, 0.1) is 40.5 Å². The van der Waals surface area contributed by atoms with Crippen molar-refractivity contribution in [3.63, 3.8) is 0 Å². The monoisotopic (exact) mass is 228 g/mol. The number of ether oxygens (including phenoxy) is 2. The van der Waals surface area contributed by atoms with Crippen LogP contribution in [0.25, 0.3) is 0 Å². The van der Waals surface area contributed by atoms with E-state index >= 15 is 0 Å². The van der Waals surface area contributed by atoms with Gasteiger partial charge in [0, 0.05) is 19.6 Å². The molecule has 0 unspecified atom stereocenters. The van der Waals surface area contributed by atoms with Gasteiger partial charge < -0.3 is 9.47 Å². The fourth-order valence-electron chi connectivity index (χ4n) is 1.46. The molecule has 0 amide bonds. The minimum Gasteiger partial charge on any atom is -0.379 e. The van der Waals surface area contributed by atoms with E-state index in [0.717, 1.165) is 46.0 Å². The van der Waals surface area contributed by atoms with E-state index in [2.05, 4.69) is 11.1 Å². The van der Waals surface area contributed by atoms with Gasteiger partial charge in [-0.1, -0.05) is 0 Å². The normalized spacial score (nSPS) is 18.3. The van der Waals surface area contributed by atoms with Crippen molar-refractivity contribution in [2.24, 2.45) is 0 Å². The Balaban J connectivity index is 1.97. The first-order valence-corrected chi connectivity index (χ1v) is 5.76. The number of morpholine rings is 1. The molecule has 0 bridgehead atoms. The molecule has 0 atom stereocenters. The minimum absolute atomic E-state index is 0.345. The second-order valence-electron chi connectivity index (χ2n) is 4.57. The van der Waals surface area contributed by atoms with E-state index in [4.69, 9.17) is 14.7 Å². The molecule has 0 aliphatic carbocycles. The van der Waals surface area contributed by atoms with Crippen LogP contribution >= 0.6 is 0 Å². The Morgan fingerprint density at radius 3 is 2.62 bits per heavy atom. The predicted octanol–water partition coefficient (Wildman–Crippen LogP) is -0.107. The van der Waals surface area contributed by atoms with Gasteiger partial charge in [-0.25, -0.2) is 4.48 Å². The van der Waals surface area contributed by atoms with Crippen molar-refractivity contribution in [3.05, 3.63) is 0 Å². The Hall–Kier alpha value is -0.670. The number of quaternary nitrogens is 1. The summed E-state index contributed by atoms with van der Waals surface area (Å²) in [5, 5.41) is 8.80. The van der Waals surface area contributed by atoms with Crippen molar-refractivity contribution in [2.75, 3.05) is 66.7 Å². The Morgan fingerprint density at radius 1 is 1.31 bits per heavy atom. The lowest BCUT2D eigenvalue weighted by atomic mass is 10.4. The maximum atomic E-state index is 8.80. The number of hydrogen-bond donors (Lipinski definition) is 0. The molecule has 5 heteroatoms. The third kappa shape index (κ3) is 5.42. The summed E-state index contributed by atoms with van der Waals surface area (Å²) in [5.74, 6) is 0. The molecule has 0 saturated carbocycles. The molecule has 1 aliphatic heterocycles. The van der Waals surface area contributed by atoms with Crippen molar-refractivity contribution in [2.45, 2.75) is 0 Å². The van der Waals surface area contributed by atoms with Crippen molar-refractivity contribution < 1.29 is 14.0 Å². The minimum atomic E-state index is 0.345. The fraction of sp³-hybridized carbons (Fsp3) is 0.909. The SMILES string of the molecule is C[N+](C)(C#N)CCOCCN1CCOCC1. The number of nitrogens with zero attached hydrogens (tertiary/aromatic N) is 3. The molecule has 0 aromatic carbocycles. The van der Waals surface area contributed by atoms with Crippen LogP contribution in [0.1, 0.15) is 0 Å². The Morgan fingerprint density at radius 2 is 2.00 bits per heavy atom. The standard InChI is InChI=1S/C11H22N3O2/c1-14(2,11-12)6-10-16-9-5-13-3-7-15-8-4-13/h3-10H2,1-2H3/q+1. The molecule has 5 nitrogen and oxygen atoms in total. The molecule has 0 aromatic rings. The van der Waals surface area contributed by atoms with E-state index in [1.54, 1.807) is 0 Å². The zero-order chi connectivity index (χ0) is 11.9. The van der Waals surface area contributed by atoms with E-state index in [-0.39, 0.29) is 0 Å². The molecule has 0 spiro atoms. The van der Waals surface area contributed by atoms with Gasteiger partial charge >= 0.3 is 6.19 Å². The highest BCUT2D eigenvalue weighted by Crippen LogP contribution is 1.97. The summed E-state index contributed by atoms with van der Waals surface area (Å²) in [7, 11) is 3.76. The van der Waals surface area contributed by atoms with Crippen molar-refractivity contribution in [1.29, 1.82) is 5.26 Å². The third-order valence-corrected chi connectivity index (χ3v) is 2.72. The first-order chi connectivity index (χ1) is 7.64. The van der Waals surface area contributed by atoms with Crippen LogP contribution in [0.2, 0.25) is 0 Å². The van der Waals surface area contributed by atoms with Gasteiger partial charge in [0.1, 0.15) is 6.54 Å². The molecule has 0 radical (unpaired) electrons. The quantitative estimate of drug-likeness (QED) is 0.361. The van der Waals surface area contributed by atoms with E-state index in [1.807, 2.05) is 14.1 Å². The lowest BCUT2D eigenvalue weighted by Crippen LogP contribution is -2.39. The van der Waals surface area contributed by atoms with E-state index in [0.29, 0.717) is 11.1 Å². The van der Waals surface area contributed by atoms with Crippen LogP contribution < -0.4 is 0 Å². The Labute approximate surface area is 97.7 Å². The fourth-order valence-corrected chi connectivity index (χ4v) is 1.46. The second kappa shape index (κ2) is 6.81. The van der Waals surface area contributed by atoms with Gasteiger partial charge in [-0.2, -0.15) is 0 Å². The predicted molar refractivity (Wildman–Crippen MR) is 60.7 cm³/mol. The van der Waals surface area contributed by atoms with Gasteiger partial charge in [0.15, 0.2) is 0 Å². The van der Waals surface area contributed by atoms with Crippen LogP contribution in [0, 0.1) is 11.5 Å². The van der Waals surface area contributed by atoms with E-state index in [9.17, 15) is 0 Å². The largest absolute Gasteiger partial charge is 0.379 e. The molecule has 92 valence electrons. The van der Waals surface area contributed by atoms with Crippen LogP contribution in [0.4, 0.5) is 0 Å². The summed E-state index contributed by atoms with van der Waals surface area (Å²) in [6.07, 6.45) is 2.21. The zero-order valence-corrected chi connectivity index (χ0v) is 10.3. The first-order valence-electron chi connectivity index (χ1n) is 5.76. The van der Waals surface area contributed by atoms with E-state index in [1.165, 1.54) is 0 Å². The number of rotatable bonds is 6. The lowest BCUT2D eigenvalue weighted by Gasteiger charge is -2.26. The highest BCUT2D eigenvalue weighted by molar-refractivity contribution is 4.60. The van der Waals surface area contributed by atoms with Crippen LogP contribution in [-0.2, 0) is 9.47 Å². The Bertz CT molecular complexity index is 232. The molecule has 1 saturated heterocycles. The smallest absolute Gasteiger partial charge is 0.308 e. The molecular formula is C11H22N3O2+. The highest BCUT2D eigenvalue weighted by atomic mass is 16.5. The van der Waals surface area contributed by atoms with Crippen LogP contribution in [0.15, 0.2) is 0 Å².